The first-order valence-corrected chi connectivity index (χ1v) is 5.63. The fourth-order valence-electron chi connectivity index (χ4n) is 1.80. The minimum atomic E-state index is -0.760. The minimum absolute atomic E-state index is 0. The Kier molecular flexibility index (Phi) is 7.21. The molecule has 5 heteroatoms. The van der Waals surface area contributed by atoms with E-state index in [0.29, 0.717) is 0 Å². The summed E-state index contributed by atoms with van der Waals surface area (Å²) >= 11 is 0. The van der Waals surface area contributed by atoms with Crippen molar-refractivity contribution in [1.29, 1.82) is 0 Å². The molecular weight excluding hydrogens is 272 g/mol. The van der Waals surface area contributed by atoms with E-state index in [2.05, 4.69) is 13.8 Å². The predicted octanol–water partition coefficient (Wildman–Crippen LogP) is 2.27. The lowest BCUT2D eigenvalue weighted by molar-refractivity contribution is -0.146. The van der Waals surface area contributed by atoms with Crippen molar-refractivity contribution in [3.05, 3.63) is 12.4 Å². The van der Waals surface area contributed by atoms with Crippen LogP contribution >= 0.6 is 17.0 Å². The topological polar surface area (TPSA) is 43.8 Å². The second-order valence-electron chi connectivity index (χ2n) is 3.84. The monoisotopic (exact) mass is 292 g/mol. The first-order chi connectivity index (χ1) is 7.20. The number of hydrogen-bond acceptors (Lipinski definition) is 3. The van der Waals surface area contributed by atoms with Gasteiger partial charge in [0.2, 0.25) is 6.17 Å². The normalized spacial score (nSPS) is 18.8. The number of carbonyl (C=O) groups is 1. The summed E-state index contributed by atoms with van der Waals surface area (Å²) in [5.74, 6) is -0.760. The van der Waals surface area contributed by atoms with E-state index in [0.717, 1.165) is 32.4 Å². The van der Waals surface area contributed by atoms with Crippen LogP contribution in [0.15, 0.2) is 12.4 Å². The SMILES string of the molecule is Br.CCCCN1C=CN(CCC)C1C(=O)O. The van der Waals surface area contributed by atoms with Crippen LogP contribution in [0.1, 0.15) is 33.1 Å². The van der Waals surface area contributed by atoms with Gasteiger partial charge in [-0.2, -0.15) is 0 Å². The van der Waals surface area contributed by atoms with Gasteiger partial charge in [-0.05, 0) is 12.8 Å². The fourth-order valence-corrected chi connectivity index (χ4v) is 1.80. The van der Waals surface area contributed by atoms with Gasteiger partial charge in [-0.25, -0.2) is 4.79 Å². The van der Waals surface area contributed by atoms with Crippen LogP contribution in [0.5, 0.6) is 0 Å². The number of unbranched alkanes of at least 4 members (excludes halogenated alkanes) is 1. The van der Waals surface area contributed by atoms with Crippen molar-refractivity contribution in [1.82, 2.24) is 9.80 Å². The largest absolute Gasteiger partial charge is 0.478 e. The molecule has 1 heterocycles. The molecule has 0 aromatic carbocycles. The van der Waals surface area contributed by atoms with Gasteiger partial charge in [-0.15, -0.1) is 17.0 Å². The third kappa shape index (κ3) is 3.70. The summed E-state index contributed by atoms with van der Waals surface area (Å²) in [6, 6.07) is 0. The van der Waals surface area contributed by atoms with Gasteiger partial charge in [0.1, 0.15) is 0 Å². The van der Waals surface area contributed by atoms with Crippen LogP contribution in [0.3, 0.4) is 0 Å². The van der Waals surface area contributed by atoms with Gasteiger partial charge >= 0.3 is 5.97 Å². The average molecular weight is 293 g/mol. The van der Waals surface area contributed by atoms with Crippen molar-refractivity contribution >= 4 is 23.0 Å². The Bertz CT molecular complexity index is 246. The summed E-state index contributed by atoms with van der Waals surface area (Å²) in [6.07, 6.45) is 6.38. The predicted molar refractivity (Wildman–Crippen MR) is 69.5 cm³/mol. The molecule has 0 fully saturated rings. The molecule has 1 aliphatic heterocycles. The zero-order valence-corrected chi connectivity index (χ0v) is 11.6. The van der Waals surface area contributed by atoms with E-state index in [-0.39, 0.29) is 17.0 Å². The summed E-state index contributed by atoms with van der Waals surface area (Å²) in [5, 5.41) is 9.16. The molecule has 4 nitrogen and oxygen atoms in total. The molecule has 1 N–H and O–H groups in total. The molecule has 0 aromatic rings. The molecule has 0 aliphatic carbocycles. The van der Waals surface area contributed by atoms with Crippen molar-refractivity contribution in [3.63, 3.8) is 0 Å². The molecule has 0 amide bonds. The molecule has 0 bridgehead atoms. The van der Waals surface area contributed by atoms with Crippen molar-refractivity contribution in [2.75, 3.05) is 13.1 Å². The van der Waals surface area contributed by atoms with E-state index in [1.54, 1.807) is 0 Å². The summed E-state index contributed by atoms with van der Waals surface area (Å²) < 4.78 is 0. The summed E-state index contributed by atoms with van der Waals surface area (Å²) in [6.45, 7) is 5.79. The number of aliphatic carboxylic acids is 1. The quantitative estimate of drug-likeness (QED) is 0.816. The van der Waals surface area contributed by atoms with E-state index in [9.17, 15) is 4.79 Å². The molecule has 1 atom stereocenters. The van der Waals surface area contributed by atoms with Crippen LogP contribution < -0.4 is 0 Å². The van der Waals surface area contributed by atoms with Crippen molar-refractivity contribution in [3.8, 4) is 0 Å². The van der Waals surface area contributed by atoms with Gasteiger partial charge in [0, 0.05) is 25.5 Å². The highest BCUT2D eigenvalue weighted by Gasteiger charge is 2.31. The number of carboxylic acid groups (broad SMARTS) is 1. The second-order valence-corrected chi connectivity index (χ2v) is 3.84. The summed E-state index contributed by atoms with van der Waals surface area (Å²) in [4.78, 5) is 14.9. The lowest BCUT2D eigenvalue weighted by atomic mass is 10.3. The van der Waals surface area contributed by atoms with Crippen molar-refractivity contribution in [2.45, 2.75) is 39.3 Å². The van der Waals surface area contributed by atoms with E-state index in [4.69, 9.17) is 5.11 Å². The maximum absolute atomic E-state index is 11.1. The maximum Gasteiger partial charge on any atom is 0.347 e. The third-order valence-electron chi connectivity index (χ3n) is 2.55. The Morgan fingerprint density at radius 2 is 1.75 bits per heavy atom. The highest BCUT2D eigenvalue weighted by atomic mass is 79.9. The van der Waals surface area contributed by atoms with Gasteiger partial charge in [0.05, 0.1) is 0 Å². The highest BCUT2D eigenvalue weighted by molar-refractivity contribution is 8.93. The Morgan fingerprint density at radius 3 is 2.19 bits per heavy atom. The van der Waals surface area contributed by atoms with Crippen LogP contribution in [-0.2, 0) is 4.79 Å². The molecule has 94 valence electrons. The number of carboxylic acids is 1. The fraction of sp³-hybridized carbons (Fsp3) is 0.727. The minimum Gasteiger partial charge on any atom is -0.478 e. The van der Waals surface area contributed by atoms with Gasteiger partial charge < -0.3 is 14.9 Å². The number of halogens is 1. The van der Waals surface area contributed by atoms with Crippen molar-refractivity contribution < 1.29 is 9.90 Å². The van der Waals surface area contributed by atoms with Gasteiger partial charge in [0.15, 0.2) is 0 Å². The van der Waals surface area contributed by atoms with Crippen molar-refractivity contribution in [2.24, 2.45) is 0 Å². The van der Waals surface area contributed by atoms with Gasteiger partial charge in [0.25, 0.3) is 0 Å². The maximum atomic E-state index is 11.1. The average Bonchev–Trinajstić information content (AvgIpc) is 2.58. The highest BCUT2D eigenvalue weighted by Crippen LogP contribution is 2.17. The Labute approximate surface area is 108 Å². The Balaban J connectivity index is 0.00000225. The van der Waals surface area contributed by atoms with E-state index in [1.807, 2.05) is 22.2 Å². The molecule has 0 saturated carbocycles. The van der Waals surface area contributed by atoms with Gasteiger partial charge in [-0.1, -0.05) is 20.3 Å². The molecule has 0 saturated heterocycles. The molecule has 0 spiro atoms. The summed E-state index contributed by atoms with van der Waals surface area (Å²) in [7, 11) is 0. The van der Waals surface area contributed by atoms with Crippen LogP contribution in [0.4, 0.5) is 0 Å². The number of nitrogens with zero attached hydrogens (tertiary/aromatic N) is 2. The van der Waals surface area contributed by atoms with E-state index >= 15 is 0 Å². The van der Waals surface area contributed by atoms with Crippen LogP contribution in [0.2, 0.25) is 0 Å². The smallest absolute Gasteiger partial charge is 0.347 e. The number of hydrogen-bond donors (Lipinski definition) is 1. The summed E-state index contributed by atoms with van der Waals surface area (Å²) in [5.41, 5.74) is 0. The third-order valence-corrected chi connectivity index (χ3v) is 2.55. The van der Waals surface area contributed by atoms with Crippen LogP contribution in [0.25, 0.3) is 0 Å². The Hall–Kier alpha value is -0.710. The van der Waals surface area contributed by atoms with Crippen LogP contribution in [0, 0.1) is 0 Å². The Morgan fingerprint density at radius 1 is 1.19 bits per heavy atom. The molecule has 1 rings (SSSR count). The second kappa shape index (κ2) is 7.54. The standard InChI is InChI=1S/C11H20N2O2.BrH/c1-3-5-7-13-9-8-12(6-4-2)10(13)11(14)15;/h8-10H,3-7H2,1-2H3,(H,14,15);1H. The van der Waals surface area contributed by atoms with Crippen LogP contribution in [-0.4, -0.2) is 40.1 Å². The van der Waals surface area contributed by atoms with E-state index < -0.39 is 12.1 Å². The molecule has 0 aromatic heterocycles. The number of rotatable bonds is 6. The zero-order valence-electron chi connectivity index (χ0n) is 9.93. The molecular formula is C11H21BrN2O2. The lowest BCUT2D eigenvalue weighted by Gasteiger charge is -2.28. The molecule has 16 heavy (non-hydrogen) atoms. The molecule has 0 radical (unpaired) electrons. The first-order valence-electron chi connectivity index (χ1n) is 5.63. The zero-order chi connectivity index (χ0) is 11.3. The van der Waals surface area contributed by atoms with Gasteiger partial charge in [-0.3, -0.25) is 0 Å². The molecule has 1 aliphatic rings. The van der Waals surface area contributed by atoms with E-state index in [1.165, 1.54) is 0 Å². The molecule has 1 unspecified atom stereocenters. The lowest BCUT2D eigenvalue weighted by Crippen LogP contribution is -2.45. The first kappa shape index (κ1) is 15.3.